The molecule has 0 heterocycles. The lowest BCUT2D eigenvalue weighted by atomic mass is 9.77. The third-order valence-corrected chi connectivity index (χ3v) is 13.0. The molecule has 0 unspecified atom stereocenters. The zero-order chi connectivity index (χ0) is 37.8. The van der Waals surface area contributed by atoms with Crippen molar-refractivity contribution in [1.29, 1.82) is 0 Å². The van der Waals surface area contributed by atoms with Gasteiger partial charge in [-0.1, -0.05) is 196 Å². The Hall–Kier alpha value is -7.02. The largest absolute Gasteiger partial charge is 0.0616 e. The Labute approximate surface area is 332 Å². The van der Waals surface area contributed by atoms with Crippen molar-refractivity contribution >= 4 is 64.6 Å². The summed E-state index contributed by atoms with van der Waals surface area (Å²) in [5, 5.41) is 15.6. The predicted molar refractivity (Wildman–Crippen MR) is 245 cm³/mol. The van der Waals surface area contributed by atoms with Crippen LogP contribution < -0.4 is 0 Å². The zero-order valence-electron chi connectivity index (χ0n) is 32.0. The van der Waals surface area contributed by atoms with Gasteiger partial charge in [0.1, 0.15) is 0 Å². The highest BCUT2D eigenvalue weighted by atomic mass is 14.4. The molecule has 0 N–H and O–H groups in total. The van der Waals surface area contributed by atoms with Gasteiger partial charge in [0, 0.05) is 5.41 Å². The van der Waals surface area contributed by atoms with E-state index in [0.29, 0.717) is 0 Å². The molecule has 0 aliphatic heterocycles. The molecule has 0 bridgehead atoms. The normalized spacial score (nSPS) is 13.2. The molecule has 0 saturated heterocycles. The van der Waals surface area contributed by atoms with Crippen LogP contribution in [0.4, 0.5) is 0 Å². The molecule has 11 aromatic rings. The molecule has 0 heteroatoms. The highest BCUT2D eigenvalue weighted by Crippen LogP contribution is 2.58. The Bertz CT molecular complexity index is 3430. The minimum Gasteiger partial charge on any atom is -0.0616 e. The molecule has 0 fully saturated rings. The van der Waals surface area contributed by atoms with Crippen molar-refractivity contribution in [2.24, 2.45) is 0 Å². The first kappa shape index (κ1) is 32.2. The van der Waals surface area contributed by atoms with Gasteiger partial charge in [-0.2, -0.15) is 0 Å². The Balaban J connectivity index is 1.17. The lowest BCUT2D eigenvalue weighted by Gasteiger charge is -2.25. The molecule has 0 atom stereocenters. The standard InChI is InChI=1S/C57H38/c1-57(2)51-34-50(42-24-6-8-25-43(42)54(51)55-44-26-9-5-22-40(44)41-23-7-14-31-49(41)56(55)57)53-47-29-12-10-27-45(47)52(46-28-11-13-30-48(46)53)37-20-15-19-36(33-37)39-32-16-18-35-17-3-4-21-38(35)39/h3-34H,1-2H3. The highest BCUT2D eigenvalue weighted by Gasteiger charge is 2.40. The topological polar surface area (TPSA) is 0 Å². The number of hydrogen-bond donors (Lipinski definition) is 0. The van der Waals surface area contributed by atoms with E-state index in [1.165, 1.54) is 120 Å². The van der Waals surface area contributed by atoms with Gasteiger partial charge >= 0.3 is 0 Å². The summed E-state index contributed by atoms with van der Waals surface area (Å²) in [5.41, 5.74) is 13.0. The van der Waals surface area contributed by atoms with E-state index >= 15 is 0 Å². The lowest BCUT2D eigenvalue weighted by Crippen LogP contribution is -2.16. The van der Waals surface area contributed by atoms with E-state index in [1.807, 2.05) is 0 Å². The SMILES string of the molecule is CC1(C)c2cc(-c3c4ccccc4c(-c4cccc(-c5cccc6ccccc56)c4)c4ccccc34)c3ccccc3c2-c2c1c1ccccc1c1ccccc21. The van der Waals surface area contributed by atoms with Gasteiger partial charge in [0.2, 0.25) is 0 Å². The smallest absolute Gasteiger partial charge is 0.0165 e. The summed E-state index contributed by atoms with van der Waals surface area (Å²) in [6.45, 7) is 4.89. The average Bonchev–Trinajstić information content (AvgIpc) is 3.51. The van der Waals surface area contributed by atoms with Crippen molar-refractivity contribution in [2.75, 3.05) is 0 Å². The van der Waals surface area contributed by atoms with Gasteiger partial charge in [-0.3, -0.25) is 0 Å². The molecule has 0 nitrogen and oxygen atoms in total. The second-order valence-electron chi connectivity index (χ2n) is 16.3. The molecular weight excluding hydrogens is 685 g/mol. The summed E-state index contributed by atoms with van der Waals surface area (Å²) in [7, 11) is 0. The van der Waals surface area contributed by atoms with Crippen molar-refractivity contribution in [3.05, 3.63) is 205 Å². The Morgan fingerprint density at radius 2 is 0.719 bits per heavy atom. The van der Waals surface area contributed by atoms with Gasteiger partial charge in [0.15, 0.2) is 0 Å². The summed E-state index contributed by atoms with van der Waals surface area (Å²) in [6, 6.07) is 72.5. The fourth-order valence-electron chi connectivity index (χ4n) is 10.6. The third kappa shape index (κ3) is 4.50. The van der Waals surface area contributed by atoms with E-state index in [2.05, 4.69) is 208 Å². The summed E-state index contributed by atoms with van der Waals surface area (Å²) >= 11 is 0. The lowest BCUT2D eigenvalue weighted by molar-refractivity contribution is 0.667. The van der Waals surface area contributed by atoms with E-state index in [4.69, 9.17) is 0 Å². The fourth-order valence-corrected chi connectivity index (χ4v) is 10.6. The molecule has 12 rings (SSSR count). The van der Waals surface area contributed by atoms with Crippen molar-refractivity contribution < 1.29 is 0 Å². The maximum Gasteiger partial charge on any atom is 0.0165 e. The predicted octanol–water partition coefficient (Wildman–Crippen LogP) is 15.9. The van der Waals surface area contributed by atoms with Crippen LogP contribution in [0.2, 0.25) is 0 Å². The van der Waals surface area contributed by atoms with Crippen LogP contribution in [0.15, 0.2) is 194 Å². The Kier molecular flexibility index (Phi) is 6.78. The molecule has 0 radical (unpaired) electrons. The van der Waals surface area contributed by atoms with Crippen LogP contribution in [0, 0.1) is 0 Å². The monoisotopic (exact) mass is 722 g/mol. The van der Waals surface area contributed by atoms with E-state index in [-0.39, 0.29) is 5.41 Å². The maximum absolute atomic E-state index is 2.57. The minimum atomic E-state index is -0.222. The molecule has 57 heavy (non-hydrogen) atoms. The van der Waals surface area contributed by atoms with Crippen molar-refractivity contribution in [3.8, 4) is 44.5 Å². The number of hydrogen-bond acceptors (Lipinski definition) is 0. The number of fused-ring (bicyclic) bond motifs is 13. The molecule has 1 aliphatic rings. The first-order valence-electron chi connectivity index (χ1n) is 20.1. The van der Waals surface area contributed by atoms with Crippen LogP contribution in [0.5, 0.6) is 0 Å². The molecule has 0 saturated carbocycles. The van der Waals surface area contributed by atoms with Crippen LogP contribution >= 0.6 is 0 Å². The van der Waals surface area contributed by atoms with E-state index in [1.54, 1.807) is 0 Å². The molecule has 0 spiro atoms. The molecular formula is C57H38. The van der Waals surface area contributed by atoms with E-state index in [9.17, 15) is 0 Å². The van der Waals surface area contributed by atoms with Crippen LogP contribution in [-0.4, -0.2) is 0 Å². The van der Waals surface area contributed by atoms with Crippen molar-refractivity contribution in [3.63, 3.8) is 0 Å². The summed E-state index contributed by atoms with van der Waals surface area (Å²) in [5.74, 6) is 0. The average molecular weight is 723 g/mol. The van der Waals surface area contributed by atoms with Gasteiger partial charge < -0.3 is 0 Å². The van der Waals surface area contributed by atoms with Gasteiger partial charge in [-0.25, -0.2) is 0 Å². The van der Waals surface area contributed by atoms with Gasteiger partial charge in [-0.05, 0) is 132 Å². The van der Waals surface area contributed by atoms with E-state index in [0.717, 1.165) is 0 Å². The number of rotatable bonds is 3. The summed E-state index contributed by atoms with van der Waals surface area (Å²) < 4.78 is 0. The quantitative estimate of drug-likeness (QED) is 0.126. The van der Waals surface area contributed by atoms with Crippen molar-refractivity contribution in [2.45, 2.75) is 19.3 Å². The zero-order valence-corrected chi connectivity index (χ0v) is 32.0. The highest BCUT2D eigenvalue weighted by molar-refractivity contribution is 6.27. The van der Waals surface area contributed by atoms with E-state index < -0.39 is 0 Å². The first-order chi connectivity index (χ1) is 28.1. The molecule has 11 aromatic carbocycles. The number of benzene rings is 11. The van der Waals surface area contributed by atoms with Gasteiger partial charge in [-0.15, -0.1) is 0 Å². The van der Waals surface area contributed by atoms with Crippen LogP contribution in [0.1, 0.15) is 25.0 Å². The Morgan fingerprint density at radius 3 is 1.37 bits per heavy atom. The Morgan fingerprint density at radius 1 is 0.281 bits per heavy atom. The summed E-state index contributed by atoms with van der Waals surface area (Å²) in [6.07, 6.45) is 0. The molecule has 0 amide bonds. The third-order valence-electron chi connectivity index (χ3n) is 13.0. The first-order valence-corrected chi connectivity index (χ1v) is 20.1. The maximum atomic E-state index is 2.57. The fraction of sp³-hybridized carbons (Fsp3) is 0.0526. The molecule has 0 aromatic heterocycles. The van der Waals surface area contributed by atoms with Crippen LogP contribution in [-0.2, 0) is 5.41 Å². The van der Waals surface area contributed by atoms with Gasteiger partial charge in [0.05, 0.1) is 0 Å². The van der Waals surface area contributed by atoms with Crippen LogP contribution in [0.25, 0.3) is 109 Å². The summed E-state index contributed by atoms with van der Waals surface area (Å²) in [4.78, 5) is 0. The molecule has 266 valence electrons. The molecule has 1 aliphatic carbocycles. The second-order valence-corrected chi connectivity index (χ2v) is 16.3. The van der Waals surface area contributed by atoms with Crippen LogP contribution in [0.3, 0.4) is 0 Å². The second kappa shape index (κ2) is 12.0. The van der Waals surface area contributed by atoms with Gasteiger partial charge in [0.25, 0.3) is 0 Å². The van der Waals surface area contributed by atoms with Crippen molar-refractivity contribution in [1.82, 2.24) is 0 Å². The minimum absolute atomic E-state index is 0.222.